The van der Waals surface area contributed by atoms with E-state index in [1.54, 1.807) is 11.3 Å². The van der Waals surface area contributed by atoms with Crippen molar-refractivity contribution in [1.82, 2.24) is 9.88 Å². The van der Waals surface area contributed by atoms with Crippen LogP contribution in [0.3, 0.4) is 0 Å². The number of anilines is 1. The summed E-state index contributed by atoms with van der Waals surface area (Å²) in [6.07, 6.45) is 1.82. The molecule has 3 heterocycles. The fraction of sp³-hybridized carbons (Fsp3) is 0.182. The summed E-state index contributed by atoms with van der Waals surface area (Å²) in [6, 6.07) is 16.0. The number of hydrogen-bond acceptors (Lipinski definition) is 4. The van der Waals surface area contributed by atoms with E-state index in [0.717, 1.165) is 45.3 Å². The zero-order chi connectivity index (χ0) is 19.1. The molecule has 1 aliphatic heterocycles. The van der Waals surface area contributed by atoms with Crippen LogP contribution in [0.4, 0.5) is 5.69 Å². The number of pyridine rings is 1. The van der Waals surface area contributed by atoms with Gasteiger partial charge in [0, 0.05) is 63.9 Å². The maximum absolute atomic E-state index is 13.1. The lowest BCUT2D eigenvalue weighted by molar-refractivity contribution is 0.0749. The molecule has 140 valence electrons. The van der Waals surface area contributed by atoms with Crippen LogP contribution in [-0.4, -0.2) is 42.0 Å². The van der Waals surface area contributed by atoms with Crippen LogP contribution in [0.15, 0.2) is 60.1 Å². The van der Waals surface area contributed by atoms with Gasteiger partial charge < -0.3 is 9.80 Å². The van der Waals surface area contributed by atoms with E-state index in [0.29, 0.717) is 18.1 Å². The molecule has 5 rings (SSSR count). The highest BCUT2D eigenvalue weighted by Crippen LogP contribution is 2.30. The molecule has 1 fully saturated rings. The van der Waals surface area contributed by atoms with Gasteiger partial charge in [0.1, 0.15) is 0 Å². The van der Waals surface area contributed by atoms with Gasteiger partial charge in [0.2, 0.25) is 0 Å². The number of fused-ring (bicyclic) bond motifs is 2. The van der Waals surface area contributed by atoms with E-state index < -0.39 is 0 Å². The lowest BCUT2D eigenvalue weighted by Gasteiger charge is -2.36. The van der Waals surface area contributed by atoms with Crippen LogP contribution in [-0.2, 0) is 0 Å². The number of amides is 1. The van der Waals surface area contributed by atoms with Gasteiger partial charge in [-0.1, -0.05) is 29.8 Å². The molecule has 1 aliphatic rings. The van der Waals surface area contributed by atoms with Crippen molar-refractivity contribution in [3.05, 3.63) is 70.7 Å². The molecule has 28 heavy (non-hydrogen) atoms. The number of benzene rings is 2. The number of carbonyl (C=O) groups excluding carboxylic acids is 1. The van der Waals surface area contributed by atoms with Crippen LogP contribution in [0, 0.1) is 0 Å². The second-order valence-electron chi connectivity index (χ2n) is 6.92. The molecule has 4 aromatic rings. The summed E-state index contributed by atoms with van der Waals surface area (Å²) in [5.74, 6) is 0.128. The second-order valence-corrected chi connectivity index (χ2v) is 8.26. The fourth-order valence-electron chi connectivity index (χ4n) is 3.85. The minimum Gasteiger partial charge on any atom is -0.367 e. The maximum Gasteiger partial charge on any atom is 0.255 e. The average molecular weight is 408 g/mol. The number of rotatable bonds is 2. The van der Waals surface area contributed by atoms with E-state index in [4.69, 9.17) is 11.6 Å². The van der Waals surface area contributed by atoms with Gasteiger partial charge in [-0.25, -0.2) is 0 Å². The average Bonchev–Trinajstić information content (AvgIpc) is 3.17. The molecule has 1 saturated heterocycles. The van der Waals surface area contributed by atoms with Gasteiger partial charge in [-0.2, -0.15) is 0 Å². The second kappa shape index (κ2) is 7.08. The number of piperazine rings is 1. The number of hydrogen-bond donors (Lipinski definition) is 0. The van der Waals surface area contributed by atoms with Gasteiger partial charge in [-0.05, 0) is 30.3 Å². The largest absolute Gasteiger partial charge is 0.367 e. The van der Waals surface area contributed by atoms with Crippen molar-refractivity contribution in [1.29, 1.82) is 0 Å². The minimum absolute atomic E-state index is 0.128. The Morgan fingerprint density at radius 3 is 2.68 bits per heavy atom. The van der Waals surface area contributed by atoms with Crippen LogP contribution in [0.5, 0.6) is 0 Å². The molecule has 0 saturated carbocycles. The molecule has 0 N–H and O–H groups in total. The highest BCUT2D eigenvalue weighted by atomic mass is 35.5. The number of nitrogens with zero attached hydrogens (tertiary/aromatic N) is 3. The number of thiophene rings is 1. The molecule has 0 bridgehead atoms. The first-order valence-corrected chi connectivity index (χ1v) is 10.5. The Morgan fingerprint density at radius 1 is 1.00 bits per heavy atom. The Bertz CT molecular complexity index is 1180. The van der Waals surface area contributed by atoms with Gasteiger partial charge in [-0.3, -0.25) is 9.78 Å². The number of carbonyl (C=O) groups is 1. The summed E-state index contributed by atoms with van der Waals surface area (Å²) < 4.78 is 1.16. The Hall–Kier alpha value is -2.63. The topological polar surface area (TPSA) is 36.4 Å². The molecule has 4 nitrogen and oxygen atoms in total. The maximum atomic E-state index is 13.1. The highest BCUT2D eigenvalue weighted by molar-refractivity contribution is 7.17. The third-order valence-corrected chi connectivity index (χ3v) is 6.50. The quantitative estimate of drug-likeness (QED) is 0.465. The Balaban J connectivity index is 1.36. The SMILES string of the molecule is O=C(c1csc2ccccc12)N1CCN(c2ccnc3cc(Cl)ccc23)CC1. The van der Waals surface area contributed by atoms with E-state index >= 15 is 0 Å². The molecule has 0 radical (unpaired) electrons. The predicted molar refractivity (Wildman–Crippen MR) is 117 cm³/mol. The smallest absolute Gasteiger partial charge is 0.255 e. The van der Waals surface area contributed by atoms with Crippen LogP contribution in [0.2, 0.25) is 5.02 Å². The van der Waals surface area contributed by atoms with Gasteiger partial charge >= 0.3 is 0 Å². The molecule has 0 atom stereocenters. The highest BCUT2D eigenvalue weighted by Gasteiger charge is 2.24. The monoisotopic (exact) mass is 407 g/mol. The number of aromatic nitrogens is 1. The van der Waals surface area contributed by atoms with Crippen molar-refractivity contribution < 1.29 is 4.79 Å². The Kier molecular flexibility index (Phi) is 4.41. The van der Waals surface area contributed by atoms with Gasteiger partial charge in [-0.15, -0.1) is 11.3 Å². The van der Waals surface area contributed by atoms with Crippen molar-refractivity contribution in [2.75, 3.05) is 31.1 Å². The summed E-state index contributed by atoms with van der Waals surface area (Å²) >= 11 is 7.73. The van der Waals surface area contributed by atoms with E-state index in [-0.39, 0.29) is 5.91 Å². The standard InChI is InChI=1S/C22H18ClN3OS/c23-15-5-6-17-19(13-15)24-8-7-20(17)25-9-11-26(12-10-25)22(27)18-14-28-21-4-2-1-3-16(18)21/h1-8,13-14H,9-12H2. The molecular formula is C22H18ClN3OS. The van der Waals surface area contributed by atoms with Crippen molar-refractivity contribution >= 4 is 55.5 Å². The molecule has 1 amide bonds. The van der Waals surface area contributed by atoms with Crippen LogP contribution in [0.25, 0.3) is 21.0 Å². The van der Waals surface area contributed by atoms with Crippen molar-refractivity contribution in [3.63, 3.8) is 0 Å². The zero-order valence-corrected chi connectivity index (χ0v) is 16.7. The van der Waals surface area contributed by atoms with Crippen molar-refractivity contribution in [2.24, 2.45) is 0 Å². The molecule has 2 aromatic heterocycles. The van der Waals surface area contributed by atoms with Crippen molar-refractivity contribution in [3.8, 4) is 0 Å². The van der Waals surface area contributed by atoms with Gasteiger partial charge in [0.15, 0.2) is 0 Å². The first kappa shape index (κ1) is 17.5. The van der Waals surface area contributed by atoms with Crippen LogP contribution in [0.1, 0.15) is 10.4 Å². The lowest BCUT2D eigenvalue weighted by Crippen LogP contribution is -2.48. The Morgan fingerprint density at radius 2 is 1.82 bits per heavy atom. The molecule has 6 heteroatoms. The molecular weight excluding hydrogens is 390 g/mol. The third-order valence-electron chi connectivity index (χ3n) is 5.30. The molecule has 0 aliphatic carbocycles. The molecule has 0 spiro atoms. The van der Waals surface area contributed by atoms with Crippen LogP contribution < -0.4 is 4.90 Å². The lowest BCUT2D eigenvalue weighted by atomic mass is 10.1. The number of halogens is 1. The van der Waals surface area contributed by atoms with Gasteiger partial charge in [0.05, 0.1) is 11.1 Å². The Labute approximate surface area is 172 Å². The van der Waals surface area contributed by atoms with E-state index in [1.165, 1.54) is 0 Å². The summed E-state index contributed by atoms with van der Waals surface area (Å²) in [6.45, 7) is 3.02. The first-order chi connectivity index (χ1) is 13.7. The normalized spacial score (nSPS) is 14.8. The third kappa shape index (κ3) is 3.01. The predicted octanol–water partition coefficient (Wildman–Crippen LogP) is 5.07. The molecule has 0 unspecified atom stereocenters. The minimum atomic E-state index is 0.128. The summed E-state index contributed by atoms with van der Waals surface area (Å²) in [7, 11) is 0. The van der Waals surface area contributed by atoms with E-state index in [2.05, 4.69) is 16.0 Å². The summed E-state index contributed by atoms with van der Waals surface area (Å²) in [5, 5.41) is 4.82. The first-order valence-electron chi connectivity index (χ1n) is 9.25. The van der Waals surface area contributed by atoms with E-state index in [9.17, 15) is 4.79 Å². The summed E-state index contributed by atoms with van der Waals surface area (Å²) in [5.41, 5.74) is 2.86. The molecule has 2 aromatic carbocycles. The van der Waals surface area contributed by atoms with Crippen molar-refractivity contribution in [2.45, 2.75) is 0 Å². The van der Waals surface area contributed by atoms with Crippen LogP contribution >= 0.6 is 22.9 Å². The van der Waals surface area contributed by atoms with E-state index in [1.807, 2.05) is 58.9 Å². The summed E-state index contributed by atoms with van der Waals surface area (Å²) in [4.78, 5) is 21.8. The van der Waals surface area contributed by atoms with Gasteiger partial charge in [0.25, 0.3) is 5.91 Å². The zero-order valence-electron chi connectivity index (χ0n) is 15.1. The fourth-order valence-corrected chi connectivity index (χ4v) is 4.95.